The van der Waals surface area contributed by atoms with Gasteiger partial charge in [0, 0.05) is 19.7 Å². The van der Waals surface area contributed by atoms with Crippen LogP contribution in [0.5, 0.6) is 0 Å². The topological polar surface area (TPSA) is 67.4 Å². The van der Waals surface area contributed by atoms with E-state index in [2.05, 4.69) is 10.6 Å². The third-order valence-electron chi connectivity index (χ3n) is 3.92. The van der Waals surface area contributed by atoms with Crippen LogP contribution in [0, 0.1) is 5.41 Å². The molecule has 0 spiro atoms. The molecule has 1 rings (SSSR count). The molecule has 0 aromatic carbocycles. The van der Waals surface area contributed by atoms with Gasteiger partial charge in [0.05, 0.1) is 6.61 Å². The number of hydrogen-bond donors (Lipinski definition) is 2. The van der Waals surface area contributed by atoms with Crippen molar-refractivity contribution in [2.45, 2.75) is 58.4 Å². The van der Waals surface area contributed by atoms with Gasteiger partial charge in [-0.05, 0) is 26.7 Å². The average molecular weight is 284 g/mol. The Balaban J connectivity index is 2.47. The van der Waals surface area contributed by atoms with Crippen molar-refractivity contribution in [3.8, 4) is 0 Å². The molecular formula is C15H28N2O3. The van der Waals surface area contributed by atoms with Crippen LogP contribution in [-0.2, 0) is 14.3 Å². The van der Waals surface area contributed by atoms with E-state index < -0.39 is 5.41 Å². The molecule has 0 aromatic heterocycles. The molecule has 0 heterocycles. The molecule has 116 valence electrons. The fraction of sp³-hybridized carbons (Fsp3) is 0.867. The second kappa shape index (κ2) is 8.25. The molecule has 0 saturated heterocycles. The van der Waals surface area contributed by atoms with Crippen molar-refractivity contribution in [3.05, 3.63) is 0 Å². The number of ether oxygens (including phenoxy) is 1. The normalized spacial score (nSPS) is 17.4. The average Bonchev–Trinajstić information content (AvgIpc) is 2.67. The Kier molecular flexibility index (Phi) is 6.99. The second-order valence-electron chi connectivity index (χ2n) is 6.04. The lowest BCUT2D eigenvalue weighted by atomic mass is 9.90. The highest BCUT2D eigenvalue weighted by molar-refractivity contribution is 6.04. The maximum absolute atomic E-state index is 12.3. The number of rotatable bonds is 6. The zero-order chi connectivity index (χ0) is 15.0. The molecule has 0 atom stereocenters. The molecule has 2 N–H and O–H groups in total. The standard InChI is InChI=1S/C15H28N2O3/c1-15(2,13(18)16-10-11-20-3)14(19)17-12-8-6-4-5-7-9-12/h12H,4-11H2,1-3H3,(H,16,18)(H,17,19). The van der Waals surface area contributed by atoms with Crippen molar-refractivity contribution >= 4 is 11.8 Å². The van der Waals surface area contributed by atoms with Gasteiger partial charge < -0.3 is 15.4 Å². The first-order valence-corrected chi connectivity index (χ1v) is 7.56. The monoisotopic (exact) mass is 284 g/mol. The maximum Gasteiger partial charge on any atom is 0.235 e. The largest absolute Gasteiger partial charge is 0.383 e. The fourth-order valence-corrected chi connectivity index (χ4v) is 2.38. The summed E-state index contributed by atoms with van der Waals surface area (Å²) < 4.78 is 4.89. The number of hydrogen-bond acceptors (Lipinski definition) is 3. The van der Waals surface area contributed by atoms with E-state index in [0.717, 1.165) is 25.7 Å². The van der Waals surface area contributed by atoms with E-state index in [1.807, 2.05) is 0 Å². The lowest BCUT2D eigenvalue weighted by Crippen LogP contribution is -2.50. The molecule has 0 unspecified atom stereocenters. The predicted octanol–water partition coefficient (Wildman–Crippen LogP) is 1.61. The van der Waals surface area contributed by atoms with Crippen molar-refractivity contribution < 1.29 is 14.3 Å². The third kappa shape index (κ3) is 5.12. The molecule has 2 amide bonds. The van der Waals surface area contributed by atoms with Gasteiger partial charge in [-0.1, -0.05) is 25.7 Å². The van der Waals surface area contributed by atoms with Crippen LogP contribution in [0.4, 0.5) is 0 Å². The van der Waals surface area contributed by atoms with Crippen LogP contribution < -0.4 is 10.6 Å². The van der Waals surface area contributed by atoms with Gasteiger partial charge in [0.25, 0.3) is 0 Å². The lowest BCUT2D eigenvalue weighted by Gasteiger charge is -2.26. The number of nitrogens with one attached hydrogen (secondary N) is 2. The molecule has 1 aliphatic carbocycles. The van der Waals surface area contributed by atoms with Crippen LogP contribution in [0.2, 0.25) is 0 Å². The zero-order valence-corrected chi connectivity index (χ0v) is 13.0. The Labute approximate surface area is 121 Å². The first-order chi connectivity index (χ1) is 9.48. The summed E-state index contributed by atoms with van der Waals surface area (Å²) in [6, 6.07) is 0.219. The minimum atomic E-state index is -1.04. The van der Waals surface area contributed by atoms with Crippen LogP contribution in [0.3, 0.4) is 0 Å². The first-order valence-electron chi connectivity index (χ1n) is 7.56. The molecule has 1 aliphatic rings. The number of carbonyl (C=O) groups excluding carboxylic acids is 2. The summed E-state index contributed by atoms with van der Waals surface area (Å²) in [5.41, 5.74) is -1.04. The van der Waals surface area contributed by atoms with Gasteiger partial charge in [-0.3, -0.25) is 9.59 Å². The van der Waals surface area contributed by atoms with Crippen molar-refractivity contribution in [2.24, 2.45) is 5.41 Å². The second-order valence-corrected chi connectivity index (χ2v) is 6.04. The molecule has 5 heteroatoms. The van der Waals surface area contributed by atoms with E-state index in [9.17, 15) is 9.59 Å². The highest BCUT2D eigenvalue weighted by Crippen LogP contribution is 2.20. The highest BCUT2D eigenvalue weighted by Gasteiger charge is 2.36. The van der Waals surface area contributed by atoms with E-state index in [0.29, 0.717) is 13.2 Å². The number of methoxy groups -OCH3 is 1. The predicted molar refractivity (Wildman–Crippen MR) is 78.3 cm³/mol. The summed E-state index contributed by atoms with van der Waals surface area (Å²) in [6.07, 6.45) is 6.84. The van der Waals surface area contributed by atoms with Crippen molar-refractivity contribution in [1.82, 2.24) is 10.6 Å². The summed E-state index contributed by atoms with van der Waals surface area (Å²) >= 11 is 0. The van der Waals surface area contributed by atoms with E-state index in [1.165, 1.54) is 12.8 Å². The van der Waals surface area contributed by atoms with Crippen LogP contribution in [0.25, 0.3) is 0 Å². The SMILES string of the molecule is COCCNC(=O)C(C)(C)C(=O)NC1CCCCCC1. The Morgan fingerprint density at radius 2 is 1.70 bits per heavy atom. The molecule has 20 heavy (non-hydrogen) atoms. The smallest absolute Gasteiger partial charge is 0.235 e. The van der Waals surface area contributed by atoms with E-state index >= 15 is 0 Å². The highest BCUT2D eigenvalue weighted by atomic mass is 16.5. The minimum Gasteiger partial charge on any atom is -0.383 e. The van der Waals surface area contributed by atoms with E-state index in [4.69, 9.17) is 4.74 Å². The van der Waals surface area contributed by atoms with Crippen LogP contribution in [-0.4, -0.2) is 38.1 Å². The molecule has 0 radical (unpaired) electrons. The molecule has 0 bridgehead atoms. The quantitative estimate of drug-likeness (QED) is 0.442. The number of amides is 2. The van der Waals surface area contributed by atoms with Crippen LogP contribution >= 0.6 is 0 Å². The van der Waals surface area contributed by atoms with Crippen molar-refractivity contribution in [1.29, 1.82) is 0 Å². The van der Waals surface area contributed by atoms with Gasteiger partial charge in [0.15, 0.2) is 0 Å². The Morgan fingerprint density at radius 3 is 2.25 bits per heavy atom. The van der Waals surface area contributed by atoms with E-state index in [-0.39, 0.29) is 17.9 Å². The van der Waals surface area contributed by atoms with Crippen molar-refractivity contribution in [2.75, 3.05) is 20.3 Å². The summed E-state index contributed by atoms with van der Waals surface area (Å²) in [5.74, 6) is -0.431. The summed E-state index contributed by atoms with van der Waals surface area (Å²) in [5, 5.41) is 5.77. The zero-order valence-electron chi connectivity index (χ0n) is 13.0. The Morgan fingerprint density at radius 1 is 1.10 bits per heavy atom. The lowest BCUT2D eigenvalue weighted by molar-refractivity contribution is -0.141. The summed E-state index contributed by atoms with van der Waals surface area (Å²) in [7, 11) is 1.58. The van der Waals surface area contributed by atoms with Gasteiger partial charge in [-0.2, -0.15) is 0 Å². The van der Waals surface area contributed by atoms with Gasteiger partial charge in [0.1, 0.15) is 5.41 Å². The maximum atomic E-state index is 12.3. The Bertz CT molecular complexity index is 321. The van der Waals surface area contributed by atoms with Gasteiger partial charge in [-0.15, -0.1) is 0 Å². The van der Waals surface area contributed by atoms with Gasteiger partial charge >= 0.3 is 0 Å². The van der Waals surface area contributed by atoms with Crippen LogP contribution in [0.15, 0.2) is 0 Å². The Hall–Kier alpha value is -1.10. The minimum absolute atomic E-state index is 0.181. The molecule has 1 saturated carbocycles. The molecule has 0 aliphatic heterocycles. The first kappa shape index (κ1) is 17.0. The molecular weight excluding hydrogens is 256 g/mol. The fourth-order valence-electron chi connectivity index (χ4n) is 2.38. The van der Waals surface area contributed by atoms with Crippen molar-refractivity contribution in [3.63, 3.8) is 0 Å². The summed E-state index contributed by atoms with van der Waals surface area (Å²) in [6.45, 7) is 4.21. The van der Waals surface area contributed by atoms with E-state index in [1.54, 1.807) is 21.0 Å². The molecule has 1 fully saturated rings. The number of carbonyl (C=O) groups is 2. The van der Waals surface area contributed by atoms with Crippen LogP contribution in [0.1, 0.15) is 52.4 Å². The summed E-state index contributed by atoms with van der Waals surface area (Å²) in [4.78, 5) is 24.4. The molecule has 0 aromatic rings. The molecule has 5 nitrogen and oxygen atoms in total. The van der Waals surface area contributed by atoms with Gasteiger partial charge in [0.2, 0.25) is 11.8 Å². The van der Waals surface area contributed by atoms with Gasteiger partial charge in [-0.25, -0.2) is 0 Å². The third-order valence-corrected chi connectivity index (χ3v) is 3.92.